The molecule has 1 aliphatic rings. The maximum atomic E-state index is 12.6. The van der Waals surface area contributed by atoms with Crippen LogP contribution < -0.4 is 14.2 Å². The number of carbonyl (C=O) groups is 1. The van der Waals surface area contributed by atoms with E-state index in [1.54, 1.807) is 26.0 Å². The number of carbonyl (C=O) groups excluding carboxylic acids is 1. The van der Waals surface area contributed by atoms with Crippen molar-refractivity contribution in [2.45, 2.75) is 5.37 Å². The van der Waals surface area contributed by atoms with Crippen LogP contribution in [0, 0.1) is 0 Å². The van der Waals surface area contributed by atoms with Crippen LogP contribution in [0.15, 0.2) is 48.5 Å². The Morgan fingerprint density at radius 3 is 2.64 bits per heavy atom. The SMILES string of the molecule is COc1ccc(C2SCCN2C(=O)COc2ccccc2)c(OC)c1. The second-order valence-corrected chi connectivity index (χ2v) is 6.71. The number of amides is 1. The third kappa shape index (κ3) is 4.02. The summed E-state index contributed by atoms with van der Waals surface area (Å²) in [6.45, 7) is 0.723. The first-order valence-electron chi connectivity index (χ1n) is 8.04. The Kier molecular flexibility index (Phi) is 5.71. The molecular formula is C19H21NO4S. The summed E-state index contributed by atoms with van der Waals surface area (Å²) in [7, 11) is 3.25. The van der Waals surface area contributed by atoms with Gasteiger partial charge in [0.15, 0.2) is 6.61 Å². The predicted molar refractivity (Wildman–Crippen MR) is 98.4 cm³/mol. The highest BCUT2D eigenvalue weighted by Crippen LogP contribution is 2.43. The predicted octanol–water partition coefficient (Wildman–Crippen LogP) is 3.36. The quantitative estimate of drug-likeness (QED) is 0.792. The first-order chi connectivity index (χ1) is 12.2. The molecule has 0 spiro atoms. The molecular weight excluding hydrogens is 338 g/mol. The molecule has 3 rings (SSSR count). The largest absolute Gasteiger partial charge is 0.497 e. The van der Waals surface area contributed by atoms with E-state index in [1.807, 2.05) is 53.4 Å². The minimum Gasteiger partial charge on any atom is -0.497 e. The molecule has 0 radical (unpaired) electrons. The summed E-state index contributed by atoms with van der Waals surface area (Å²) in [4.78, 5) is 14.5. The molecule has 2 aromatic carbocycles. The zero-order valence-electron chi connectivity index (χ0n) is 14.3. The van der Waals surface area contributed by atoms with Gasteiger partial charge in [-0.1, -0.05) is 18.2 Å². The third-order valence-electron chi connectivity index (χ3n) is 4.02. The molecule has 1 atom stereocenters. The van der Waals surface area contributed by atoms with Crippen molar-refractivity contribution >= 4 is 17.7 Å². The molecule has 0 aromatic heterocycles. The number of benzene rings is 2. The molecule has 5 nitrogen and oxygen atoms in total. The Morgan fingerprint density at radius 1 is 1.12 bits per heavy atom. The lowest BCUT2D eigenvalue weighted by molar-refractivity contribution is -0.133. The fourth-order valence-corrected chi connectivity index (χ4v) is 4.05. The molecule has 6 heteroatoms. The van der Waals surface area contributed by atoms with Crippen LogP contribution >= 0.6 is 11.8 Å². The third-order valence-corrected chi connectivity index (χ3v) is 5.27. The summed E-state index contributed by atoms with van der Waals surface area (Å²) in [5.41, 5.74) is 0.971. The highest BCUT2D eigenvalue weighted by atomic mass is 32.2. The molecule has 1 fully saturated rings. The number of para-hydroxylation sites is 1. The first-order valence-corrected chi connectivity index (χ1v) is 9.08. The molecule has 0 bridgehead atoms. The van der Waals surface area contributed by atoms with Gasteiger partial charge in [-0.15, -0.1) is 11.8 Å². The van der Waals surface area contributed by atoms with Gasteiger partial charge in [-0.05, 0) is 24.3 Å². The average molecular weight is 359 g/mol. The molecule has 0 saturated carbocycles. The topological polar surface area (TPSA) is 48.0 Å². The molecule has 0 N–H and O–H groups in total. The number of nitrogens with zero attached hydrogens (tertiary/aromatic N) is 1. The Bertz CT molecular complexity index is 723. The van der Waals surface area contributed by atoms with E-state index in [0.29, 0.717) is 12.3 Å². The van der Waals surface area contributed by atoms with Crippen molar-refractivity contribution in [3.05, 3.63) is 54.1 Å². The Labute approximate surface area is 151 Å². The second kappa shape index (κ2) is 8.16. The normalized spacial score (nSPS) is 16.6. The van der Waals surface area contributed by atoms with E-state index in [2.05, 4.69) is 0 Å². The molecule has 1 heterocycles. The molecule has 25 heavy (non-hydrogen) atoms. The van der Waals surface area contributed by atoms with Gasteiger partial charge in [0.05, 0.1) is 14.2 Å². The first kappa shape index (κ1) is 17.5. The van der Waals surface area contributed by atoms with Crippen LogP contribution in [0.25, 0.3) is 0 Å². The van der Waals surface area contributed by atoms with Crippen molar-refractivity contribution in [1.82, 2.24) is 4.90 Å². The number of thioether (sulfide) groups is 1. The van der Waals surface area contributed by atoms with Crippen molar-refractivity contribution in [2.24, 2.45) is 0 Å². The minimum absolute atomic E-state index is 0.0273. The van der Waals surface area contributed by atoms with E-state index in [1.165, 1.54) is 0 Å². The zero-order valence-corrected chi connectivity index (χ0v) is 15.1. The van der Waals surface area contributed by atoms with Crippen molar-refractivity contribution in [1.29, 1.82) is 0 Å². The van der Waals surface area contributed by atoms with Crippen LogP contribution in [-0.4, -0.2) is 43.9 Å². The zero-order chi connectivity index (χ0) is 17.6. The van der Waals surface area contributed by atoms with Gasteiger partial charge in [-0.3, -0.25) is 4.79 Å². The van der Waals surface area contributed by atoms with Crippen molar-refractivity contribution in [3.8, 4) is 17.2 Å². The molecule has 2 aromatic rings. The second-order valence-electron chi connectivity index (χ2n) is 5.52. The smallest absolute Gasteiger partial charge is 0.261 e. The van der Waals surface area contributed by atoms with Gasteiger partial charge in [0.25, 0.3) is 5.91 Å². The summed E-state index contributed by atoms with van der Waals surface area (Å²) in [5, 5.41) is -0.0762. The number of ether oxygens (including phenoxy) is 3. The van der Waals surface area contributed by atoms with Crippen LogP contribution in [0.5, 0.6) is 17.2 Å². The van der Waals surface area contributed by atoms with E-state index < -0.39 is 0 Å². The van der Waals surface area contributed by atoms with E-state index in [9.17, 15) is 4.79 Å². The van der Waals surface area contributed by atoms with E-state index in [-0.39, 0.29) is 17.9 Å². The summed E-state index contributed by atoms with van der Waals surface area (Å²) < 4.78 is 16.3. The lowest BCUT2D eigenvalue weighted by Crippen LogP contribution is -2.34. The molecule has 0 aliphatic carbocycles. The van der Waals surface area contributed by atoms with E-state index in [4.69, 9.17) is 14.2 Å². The van der Waals surface area contributed by atoms with Gasteiger partial charge in [0.2, 0.25) is 0 Å². The fraction of sp³-hybridized carbons (Fsp3) is 0.316. The summed E-state index contributed by atoms with van der Waals surface area (Å²) >= 11 is 1.73. The minimum atomic E-state index is -0.0762. The number of rotatable bonds is 6. The molecule has 1 saturated heterocycles. The van der Waals surface area contributed by atoms with Gasteiger partial charge >= 0.3 is 0 Å². The van der Waals surface area contributed by atoms with E-state index >= 15 is 0 Å². The monoisotopic (exact) mass is 359 g/mol. The highest BCUT2D eigenvalue weighted by Gasteiger charge is 2.32. The summed E-state index contributed by atoms with van der Waals surface area (Å²) in [5.74, 6) is 3.00. The van der Waals surface area contributed by atoms with Gasteiger partial charge in [0, 0.05) is 23.9 Å². The van der Waals surface area contributed by atoms with Crippen LogP contribution in [0.1, 0.15) is 10.9 Å². The lowest BCUT2D eigenvalue weighted by atomic mass is 10.1. The Balaban J connectivity index is 1.73. The van der Waals surface area contributed by atoms with Crippen molar-refractivity contribution in [3.63, 3.8) is 0 Å². The molecule has 1 amide bonds. The summed E-state index contributed by atoms with van der Waals surface area (Å²) in [6, 6.07) is 15.1. The van der Waals surface area contributed by atoms with Gasteiger partial charge in [-0.25, -0.2) is 0 Å². The van der Waals surface area contributed by atoms with Crippen LogP contribution in [0.3, 0.4) is 0 Å². The highest BCUT2D eigenvalue weighted by molar-refractivity contribution is 7.99. The lowest BCUT2D eigenvalue weighted by Gasteiger charge is -2.25. The molecule has 1 unspecified atom stereocenters. The maximum Gasteiger partial charge on any atom is 0.261 e. The van der Waals surface area contributed by atoms with E-state index in [0.717, 1.165) is 22.8 Å². The van der Waals surface area contributed by atoms with Crippen LogP contribution in [0.2, 0.25) is 0 Å². The van der Waals surface area contributed by atoms with Crippen molar-refractivity contribution < 1.29 is 19.0 Å². The fourth-order valence-electron chi connectivity index (χ4n) is 2.75. The summed E-state index contributed by atoms with van der Waals surface area (Å²) in [6.07, 6.45) is 0. The Hall–Kier alpha value is -2.34. The number of hydrogen-bond donors (Lipinski definition) is 0. The van der Waals surface area contributed by atoms with Gasteiger partial charge in [-0.2, -0.15) is 0 Å². The average Bonchev–Trinajstić information content (AvgIpc) is 3.16. The van der Waals surface area contributed by atoms with Crippen LogP contribution in [-0.2, 0) is 4.79 Å². The van der Waals surface area contributed by atoms with Gasteiger partial charge in [0.1, 0.15) is 22.6 Å². The van der Waals surface area contributed by atoms with Crippen LogP contribution in [0.4, 0.5) is 0 Å². The number of hydrogen-bond acceptors (Lipinski definition) is 5. The molecule has 132 valence electrons. The standard InChI is InChI=1S/C19H21NO4S/c1-22-15-8-9-16(17(12-15)23-2)19-20(10-11-25-19)18(21)13-24-14-6-4-3-5-7-14/h3-9,12,19H,10-11,13H2,1-2H3. The van der Waals surface area contributed by atoms with Gasteiger partial charge < -0.3 is 19.1 Å². The molecule has 1 aliphatic heterocycles. The van der Waals surface area contributed by atoms with Crippen molar-refractivity contribution in [2.75, 3.05) is 33.1 Å². The maximum absolute atomic E-state index is 12.6. The number of methoxy groups -OCH3 is 2. The Morgan fingerprint density at radius 2 is 1.92 bits per heavy atom.